The molecule has 0 unspecified atom stereocenters. The van der Waals surface area contributed by atoms with Gasteiger partial charge in [-0.15, -0.1) is 0 Å². The molecule has 7 heteroatoms. The number of aromatic nitrogens is 2. The van der Waals surface area contributed by atoms with Crippen LogP contribution in [0.5, 0.6) is 0 Å². The van der Waals surface area contributed by atoms with E-state index in [4.69, 9.17) is 9.97 Å². The molecule has 1 aromatic heterocycles. The zero-order chi connectivity index (χ0) is 31.6. The molecule has 0 aliphatic rings. The van der Waals surface area contributed by atoms with E-state index < -0.39 is 0 Å². The molecule has 0 amide bonds. The summed E-state index contributed by atoms with van der Waals surface area (Å²) in [5.41, 5.74) is 2.00. The summed E-state index contributed by atoms with van der Waals surface area (Å²) in [5, 5.41) is 5.91. The Kier molecular flexibility index (Phi) is 17.1. The average Bonchev–Trinajstić information content (AvgIpc) is 3.02. The maximum absolute atomic E-state index is 5.09. The van der Waals surface area contributed by atoms with Crippen LogP contribution in [0, 0.1) is 6.92 Å². The van der Waals surface area contributed by atoms with Crippen molar-refractivity contribution < 1.29 is 0 Å². The van der Waals surface area contributed by atoms with Crippen LogP contribution in [0.1, 0.15) is 97.6 Å². The van der Waals surface area contributed by atoms with Crippen molar-refractivity contribution in [3.63, 3.8) is 0 Å². The second kappa shape index (κ2) is 20.7. The van der Waals surface area contributed by atoms with Gasteiger partial charge in [-0.25, -0.2) is 4.98 Å². The van der Waals surface area contributed by atoms with Gasteiger partial charge in [-0.2, -0.15) is 4.98 Å². The lowest BCUT2D eigenvalue weighted by Gasteiger charge is -2.28. The van der Waals surface area contributed by atoms with Gasteiger partial charge in [-0.05, 0) is 120 Å². The van der Waals surface area contributed by atoms with Crippen LogP contribution < -0.4 is 10.2 Å². The molecule has 1 N–H and O–H groups in total. The number of anilines is 3. The molecule has 3 rings (SSSR count). The van der Waals surface area contributed by atoms with Crippen molar-refractivity contribution in [2.45, 2.75) is 98.8 Å². The van der Waals surface area contributed by atoms with Gasteiger partial charge in [0, 0.05) is 35.0 Å². The highest BCUT2D eigenvalue weighted by molar-refractivity contribution is 9.10. The highest BCUT2D eigenvalue weighted by Crippen LogP contribution is 2.25. The fraction of sp³-hybridized carbons (Fsp3) is 0.622. The van der Waals surface area contributed by atoms with Gasteiger partial charge < -0.3 is 20.0 Å². The van der Waals surface area contributed by atoms with E-state index in [0.717, 1.165) is 60.7 Å². The SMILES string of the molecule is CCCCN(CCCC)CCCN(CCCN(CCCC)CCCC)c1cc(C)nc(Nc2ccc3cc(Br)ccc3c2)n1. The Balaban J connectivity index is 1.75. The molecule has 0 aliphatic heterocycles. The van der Waals surface area contributed by atoms with Crippen LogP contribution in [0.2, 0.25) is 0 Å². The molecule has 0 spiro atoms. The Morgan fingerprint density at radius 2 is 1.09 bits per heavy atom. The standard InChI is InChI=1S/C37H59BrN6/c1-6-10-20-42(21-11-7-2)24-14-26-44(27-15-25-43(22-12-8-3)23-13-9-4)36-28-31(5)39-37(41-36)40-35-19-17-32-29-34(38)18-16-33(32)30-35/h16-19,28-30H,6-15,20-27H2,1-5H3,(H,39,40,41). The van der Waals surface area contributed by atoms with Crippen LogP contribution in [-0.2, 0) is 0 Å². The van der Waals surface area contributed by atoms with E-state index in [1.807, 2.05) is 0 Å². The molecular weight excluding hydrogens is 608 g/mol. The number of rotatable bonds is 23. The number of fused-ring (bicyclic) bond motifs is 1. The van der Waals surface area contributed by atoms with Crippen molar-refractivity contribution in [2.24, 2.45) is 0 Å². The van der Waals surface area contributed by atoms with E-state index in [-0.39, 0.29) is 0 Å². The summed E-state index contributed by atoms with van der Waals surface area (Å²) < 4.78 is 1.09. The maximum atomic E-state index is 5.09. The smallest absolute Gasteiger partial charge is 0.229 e. The van der Waals surface area contributed by atoms with Crippen molar-refractivity contribution in [3.8, 4) is 0 Å². The normalized spacial score (nSPS) is 11.6. The van der Waals surface area contributed by atoms with Gasteiger partial charge in [0.1, 0.15) is 5.82 Å². The molecule has 44 heavy (non-hydrogen) atoms. The summed E-state index contributed by atoms with van der Waals surface area (Å²) >= 11 is 3.58. The lowest BCUT2D eigenvalue weighted by atomic mass is 10.1. The zero-order valence-electron chi connectivity index (χ0n) is 28.4. The molecule has 0 saturated heterocycles. The molecule has 3 aromatic rings. The number of hydrogen-bond acceptors (Lipinski definition) is 6. The Morgan fingerprint density at radius 1 is 0.591 bits per heavy atom. The molecule has 0 aliphatic carbocycles. The molecule has 6 nitrogen and oxygen atoms in total. The van der Waals surface area contributed by atoms with E-state index in [0.29, 0.717) is 5.95 Å². The van der Waals surface area contributed by atoms with E-state index in [1.54, 1.807) is 0 Å². The Bertz CT molecular complexity index is 1180. The fourth-order valence-electron chi connectivity index (χ4n) is 5.70. The van der Waals surface area contributed by atoms with E-state index in [1.165, 1.54) is 88.3 Å². The first-order chi connectivity index (χ1) is 21.4. The van der Waals surface area contributed by atoms with Crippen molar-refractivity contribution in [1.82, 2.24) is 19.8 Å². The highest BCUT2D eigenvalue weighted by Gasteiger charge is 2.14. The number of hydrogen-bond donors (Lipinski definition) is 1. The molecule has 244 valence electrons. The molecule has 1 heterocycles. The third kappa shape index (κ3) is 13.0. The van der Waals surface area contributed by atoms with Crippen molar-refractivity contribution in [2.75, 3.05) is 62.6 Å². The summed E-state index contributed by atoms with van der Waals surface area (Å²) in [5.74, 6) is 1.70. The first-order valence-electron chi connectivity index (χ1n) is 17.5. The minimum absolute atomic E-state index is 0.668. The topological polar surface area (TPSA) is 47.5 Å². The highest BCUT2D eigenvalue weighted by atomic mass is 79.9. The van der Waals surface area contributed by atoms with Crippen molar-refractivity contribution in [3.05, 3.63) is 52.6 Å². The summed E-state index contributed by atoms with van der Waals surface area (Å²) in [6.45, 7) is 20.4. The second-order valence-electron chi connectivity index (χ2n) is 12.3. The summed E-state index contributed by atoms with van der Waals surface area (Å²) in [6.07, 6.45) is 12.5. The van der Waals surface area contributed by atoms with Gasteiger partial charge in [0.2, 0.25) is 5.95 Å². The van der Waals surface area contributed by atoms with Crippen LogP contribution in [-0.4, -0.2) is 72.1 Å². The van der Waals surface area contributed by atoms with Crippen molar-refractivity contribution in [1.29, 1.82) is 0 Å². The quantitative estimate of drug-likeness (QED) is 0.109. The first-order valence-corrected chi connectivity index (χ1v) is 18.3. The monoisotopic (exact) mass is 666 g/mol. The Hall–Kier alpha value is -2.22. The van der Waals surface area contributed by atoms with Gasteiger partial charge >= 0.3 is 0 Å². The van der Waals surface area contributed by atoms with Crippen LogP contribution in [0.25, 0.3) is 10.8 Å². The fourth-order valence-corrected chi connectivity index (χ4v) is 6.08. The third-order valence-electron chi connectivity index (χ3n) is 8.34. The van der Waals surface area contributed by atoms with Crippen LogP contribution in [0.15, 0.2) is 46.9 Å². The molecule has 0 fully saturated rings. The lowest BCUT2D eigenvalue weighted by molar-refractivity contribution is 0.258. The third-order valence-corrected chi connectivity index (χ3v) is 8.83. The molecule has 0 radical (unpaired) electrons. The molecule has 0 bridgehead atoms. The van der Waals surface area contributed by atoms with Crippen LogP contribution in [0.3, 0.4) is 0 Å². The molecule has 2 aromatic carbocycles. The number of nitrogens with zero attached hydrogens (tertiary/aromatic N) is 5. The number of unbranched alkanes of at least 4 members (excludes halogenated alkanes) is 4. The van der Waals surface area contributed by atoms with Gasteiger partial charge in [-0.1, -0.05) is 81.4 Å². The minimum atomic E-state index is 0.668. The van der Waals surface area contributed by atoms with Gasteiger partial charge in [0.05, 0.1) is 0 Å². The number of nitrogens with one attached hydrogen (secondary N) is 1. The van der Waals surface area contributed by atoms with E-state index in [2.05, 4.69) is 113 Å². The molecule has 0 saturated carbocycles. The Labute approximate surface area is 277 Å². The van der Waals surface area contributed by atoms with E-state index in [9.17, 15) is 0 Å². The molecular formula is C37H59BrN6. The van der Waals surface area contributed by atoms with Gasteiger partial charge in [0.25, 0.3) is 0 Å². The predicted octanol–water partition coefficient (Wildman–Crippen LogP) is 9.84. The Morgan fingerprint density at radius 3 is 1.64 bits per heavy atom. The van der Waals surface area contributed by atoms with Crippen LogP contribution >= 0.6 is 15.9 Å². The largest absolute Gasteiger partial charge is 0.356 e. The van der Waals surface area contributed by atoms with Gasteiger partial charge in [-0.3, -0.25) is 0 Å². The summed E-state index contributed by atoms with van der Waals surface area (Å²) in [7, 11) is 0. The summed E-state index contributed by atoms with van der Waals surface area (Å²) in [6, 6.07) is 15.0. The molecule has 0 atom stereocenters. The number of aryl methyl sites for hydroxylation is 1. The van der Waals surface area contributed by atoms with Crippen LogP contribution in [0.4, 0.5) is 17.5 Å². The minimum Gasteiger partial charge on any atom is -0.356 e. The van der Waals surface area contributed by atoms with E-state index >= 15 is 0 Å². The zero-order valence-corrected chi connectivity index (χ0v) is 30.0. The second-order valence-corrected chi connectivity index (χ2v) is 13.2. The van der Waals surface area contributed by atoms with Crippen molar-refractivity contribution >= 4 is 44.2 Å². The average molecular weight is 668 g/mol. The number of halogens is 1. The summed E-state index contributed by atoms with van der Waals surface area (Å²) in [4.78, 5) is 17.8. The van der Waals surface area contributed by atoms with Gasteiger partial charge in [0.15, 0.2) is 0 Å². The predicted molar refractivity (Wildman–Crippen MR) is 196 cm³/mol. The lowest BCUT2D eigenvalue weighted by Crippen LogP contribution is -2.34. The maximum Gasteiger partial charge on any atom is 0.229 e. The number of benzene rings is 2. The first kappa shape index (κ1) is 36.3.